The molecule has 2 N–H and O–H groups in total. The minimum Gasteiger partial charge on any atom is -0.381 e. The molecule has 2 aromatic rings. The summed E-state index contributed by atoms with van der Waals surface area (Å²) in [5.74, 6) is -0.366. The van der Waals surface area contributed by atoms with E-state index in [-0.39, 0.29) is 21.9 Å². The quantitative estimate of drug-likeness (QED) is 0.883. The Morgan fingerprint density at radius 3 is 2.85 bits per heavy atom. The molecule has 3 rings (SSSR count). The molecule has 1 aromatic carbocycles. The van der Waals surface area contributed by atoms with Crippen LogP contribution in [0.3, 0.4) is 0 Å². The summed E-state index contributed by atoms with van der Waals surface area (Å²) in [6.45, 7) is 1.34. The molecule has 0 radical (unpaired) electrons. The molecule has 20 heavy (non-hydrogen) atoms. The van der Waals surface area contributed by atoms with Crippen LogP contribution >= 0.6 is 15.9 Å². The summed E-state index contributed by atoms with van der Waals surface area (Å²) >= 11 is 3.17. The van der Waals surface area contributed by atoms with Crippen molar-refractivity contribution >= 4 is 32.4 Å². The Labute approximate surface area is 123 Å². The lowest BCUT2D eigenvalue weighted by molar-refractivity contribution is 0.0904. The number of nitrogens with one attached hydrogen (secondary N) is 2. The van der Waals surface area contributed by atoms with E-state index in [9.17, 15) is 9.18 Å². The Balaban J connectivity index is 2.10. The SMILES string of the molecule is O=c1[nH]ccc2c(NC3CCOCC3)c(F)c(Br)cc12. The largest absolute Gasteiger partial charge is 0.381 e. The van der Waals surface area contributed by atoms with Gasteiger partial charge in [0.15, 0.2) is 5.82 Å². The van der Waals surface area contributed by atoms with Crippen LogP contribution in [0.2, 0.25) is 0 Å². The zero-order valence-corrected chi connectivity index (χ0v) is 12.3. The van der Waals surface area contributed by atoms with Crippen molar-refractivity contribution in [3.63, 3.8) is 0 Å². The van der Waals surface area contributed by atoms with Crippen LogP contribution in [-0.2, 0) is 4.74 Å². The summed E-state index contributed by atoms with van der Waals surface area (Å²) in [7, 11) is 0. The Hall–Kier alpha value is -1.40. The van der Waals surface area contributed by atoms with Crippen molar-refractivity contribution in [2.45, 2.75) is 18.9 Å². The summed E-state index contributed by atoms with van der Waals surface area (Å²) in [4.78, 5) is 14.4. The lowest BCUT2D eigenvalue weighted by Crippen LogP contribution is -2.28. The second kappa shape index (κ2) is 5.54. The summed E-state index contributed by atoms with van der Waals surface area (Å²) in [6, 6.07) is 3.39. The van der Waals surface area contributed by atoms with E-state index in [1.165, 1.54) is 12.3 Å². The number of halogens is 2. The van der Waals surface area contributed by atoms with Crippen molar-refractivity contribution in [2.24, 2.45) is 0 Å². The fourth-order valence-corrected chi connectivity index (χ4v) is 2.89. The topological polar surface area (TPSA) is 54.1 Å². The number of hydrogen-bond donors (Lipinski definition) is 2. The minimum atomic E-state index is -0.366. The van der Waals surface area contributed by atoms with Gasteiger partial charge in [-0.15, -0.1) is 0 Å². The molecule has 0 bridgehead atoms. The lowest BCUT2D eigenvalue weighted by atomic mass is 10.1. The van der Waals surface area contributed by atoms with E-state index in [2.05, 4.69) is 26.2 Å². The van der Waals surface area contributed by atoms with E-state index >= 15 is 0 Å². The predicted molar refractivity (Wildman–Crippen MR) is 79.7 cm³/mol. The van der Waals surface area contributed by atoms with Gasteiger partial charge in [-0.05, 0) is 40.9 Å². The number of ether oxygens (including phenoxy) is 1. The first-order valence-corrected chi connectivity index (χ1v) is 7.30. The number of aromatic amines is 1. The van der Waals surface area contributed by atoms with Crippen molar-refractivity contribution in [1.82, 2.24) is 4.98 Å². The number of anilines is 1. The molecule has 1 aliphatic rings. The molecular weight excluding hydrogens is 327 g/mol. The molecule has 4 nitrogen and oxygen atoms in total. The zero-order valence-electron chi connectivity index (χ0n) is 10.7. The van der Waals surface area contributed by atoms with Crippen LogP contribution < -0.4 is 10.9 Å². The second-order valence-corrected chi connectivity index (χ2v) is 5.70. The van der Waals surface area contributed by atoms with Crippen LogP contribution in [0.25, 0.3) is 10.8 Å². The van der Waals surface area contributed by atoms with E-state index in [1.54, 1.807) is 6.07 Å². The molecule has 0 aliphatic carbocycles. The average molecular weight is 341 g/mol. The van der Waals surface area contributed by atoms with Gasteiger partial charge in [0.25, 0.3) is 5.56 Å². The molecule has 6 heteroatoms. The monoisotopic (exact) mass is 340 g/mol. The molecule has 0 amide bonds. The molecule has 106 valence electrons. The van der Waals surface area contributed by atoms with E-state index in [0.717, 1.165) is 12.8 Å². The van der Waals surface area contributed by atoms with Gasteiger partial charge in [0, 0.05) is 30.8 Å². The zero-order chi connectivity index (χ0) is 14.1. The molecular formula is C14H14BrFN2O2. The van der Waals surface area contributed by atoms with Gasteiger partial charge in [-0.1, -0.05) is 0 Å². The van der Waals surface area contributed by atoms with Crippen LogP contribution in [0.15, 0.2) is 27.6 Å². The third-order valence-corrected chi connectivity index (χ3v) is 4.12. The number of fused-ring (bicyclic) bond motifs is 1. The van der Waals surface area contributed by atoms with Gasteiger partial charge in [0.2, 0.25) is 0 Å². The number of rotatable bonds is 2. The Morgan fingerprint density at radius 2 is 2.10 bits per heavy atom. The maximum Gasteiger partial charge on any atom is 0.255 e. The van der Waals surface area contributed by atoms with Gasteiger partial charge in [-0.2, -0.15) is 0 Å². The molecule has 1 fully saturated rings. The first-order valence-electron chi connectivity index (χ1n) is 6.50. The average Bonchev–Trinajstić information content (AvgIpc) is 2.46. The molecule has 0 unspecified atom stereocenters. The fourth-order valence-electron chi connectivity index (χ4n) is 2.47. The van der Waals surface area contributed by atoms with Gasteiger partial charge >= 0.3 is 0 Å². The minimum absolute atomic E-state index is 0.162. The maximum absolute atomic E-state index is 14.4. The Kier molecular flexibility index (Phi) is 3.76. The van der Waals surface area contributed by atoms with Crippen molar-refractivity contribution in [2.75, 3.05) is 18.5 Å². The van der Waals surface area contributed by atoms with Gasteiger partial charge in [0.1, 0.15) is 0 Å². The number of hydrogen-bond acceptors (Lipinski definition) is 3. The highest BCUT2D eigenvalue weighted by Gasteiger charge is 2.19. The molecule has 0 saturated carbocycles. The van der Waals surface area contributed by atoms with Crippen LogP contribution in [0.4, 0.5) is 10.1 Å². The number of aromatic nitrogens is 1. The normalized spacial score (nSPS) is 16.5. The predicted octanol–water partition coefficient (Wildman–Crippen LogP) is 3.02. The highest BCUT2D eigenvalue weighted by atomic mass is 79.9. The molecule has 0 atom stereocenters. The first kappa shape index (κ1) is 13.6. The molecule has 1 saturated heterocycles. The molecule has 0 spiro atoms. The van der Waals surface area contributed by atoms with E-state index in [0.29, 0.717) is 29.7 Å². The van der Waals surface area contributed by atoms with Crippen molar-refractivity contribution < 1.29 is 9.13 Å². The summed E-state index contributed by atoms with van der Waals surface area (Å²) in [5, 5.41) is 4.29. The smallest absolute Gasteiger partial charge is 0.255 e. The van der Waals surface area contributed by atoms with E-state index in [4.69, 9.17) is 4.74 Å². The standard InChI is InChI=1S/C14H14BrFN2O2/c15-11-7-10-9(1-4-17-14(10)19)13(12(11)16)18-8-2-5-20-6-3-8/h1,4,7-8,18H,2-3,5-6H2,(H,17,19). The van der Waals surface area contributed by atoms with Crippen molar-refractivity contribution in [3.8, 4) is 0 Å². The molecule has 1 aromatic heterocycles. The first-order chi connectivity index (χ1) is 9.66. The Bertz CT molecular complexity index is 695. The van der Waals surface area contributed by atoms with Crippen LogP contribution in [0.1, 0.15) is 12.8 Å². The second-order valence-electron chi connectivity index (χ2n) is 4.85. The van der Waals surface area contributed by atoms with E-state index in [1.807, 2.05) is 0 Å². The summed E-state index contributed by atoms with van der Waals surface area (Å²) < 4.78 is 20.0. The van der Waals surface area contributed by atoms with Crippen molar-refractivity contribution in [3.05, 3.63) is 39.0 Å². The van der Waals surface area contributed by atoms with Gasteiger partial charge < -0.3 is 15.0 Å². The van der Waals surface area contributed by atoms with Crippen molar-refractivity contribution in [1.29, 1.82) is 0 Å². The van der Waals surface area contributed by atoms with Crippen LogP contribution in [-0.4, -0.2) is 24.2 Å². The van der Waals surface area contributed by atoms with Gasteiger partial charge in [0.05, 0.1) is 15.5 Å². The summed E-state index contributed by atoms with van der Waals surface area (Å²) in [6.07, 6.45) is 3.19. The van der Waals surface area contributed by atoms with E-state index < -0.39 is 0 Å². The lowest BCUT2D eigenvalue weighted by Gasteiger charge is -2.25. The summed E-state index contributed by atoms with van der Waals surface area (Å²) in [5.41, 5.74) is 0.158. The fraction of sp³-hybridized carbons (Fsp3) is 0.357. The third kappa shape index (κ3) is 2.45. The van der Waals surface area contributed by atoms with Crippen LogP contribution in [0, 0.1) is 5.82 Å². The Morgan fingerprint density at radius 1 is 1.35 bits per heavy atom. The number of H-pyrrole nitrogens is 1. The third-order valence-electron chi connectivity index (χ3n) is 3.54. The van der Waals surface area contributed by atoms with Gasteiger partial charge in [-0.3, -0.25) is 4.79 Å². The van der Waals surface area contributed by atoms with Crippen LogP contribution in [0.5, 0.6) is 0 Å². The number of benzene rings is 1. The van der Waals surface area contributed by atoms with Gasteiger partial charge in [-0.25, -0.2) is 4.39 Å². The number of pyridine rings is 1. The highest BCUT2D eigenvalue weighted by molar-refractivity contribution is 9.10. The molecule has 2 heterocycles. The highest BCUT2D eigenvalue weighted by Crippen LogP contribution is 2.32. The maximum atomic E-state index is 14.4. The molecule has 1 aliphatic heterocycles.